The summed E-state index contributed by atoms with van der Waals surface area (Å²) in [5.41, 5.74) is 6.87. The minimum Gasteiger partial charge on any atom is -0.415 e. The van der Waals surface area contributed by atoms with Gasteiger partial charge in [0, 0.05) is 5.02 Å². The molecule has 0 aliphatic carbocycles. The van der Waals surface area contributed by atoms with Crippen LogP contribution < -0.4 is 14.8 Å². The van der Waals surface area contributed by atoms with Crippen LogP contribution in [-0.2, 0) is 4.57 Å². The third kappa shape index (κ3) is 5.12. The Bertz CT molecular complexity index is 817. The minimum atomic E-state index is -3.76. The van der Waals surface area contributed by atoms with Crippen molar-refractivity contribution in [1.29, 1.82) is 0 Å². The average molecular weight is 455 g/mol. The number of para-hydroxylation sites is 2. The van der Waals surface area contributed by atoms with E-state index in [1.807, 2.05) is 12.1 Å². The molecule has 1 atom stereocenters. The molecule has 2 N–H and O–H groups in total. The first-order valence-corrected chi connectivity index (χ1v) is 9.66. The molecule has 0 spiro atoms. The van der Waals surface area contributed by atoms with Crippen LogP contribution in [0.25, 0.3) is 0 Å². The van der Waals surface area contributed by atoms with Gasteiger partial charge < -0.3 is 14.8 Å². The molecule has 3 aromatic carbocycles. The fraction of sp³-hybridized carbons (Fsp3) is 0.0526. The molecule has 0 aromatic heterocycles. The normalized spacial score (nSPS) is 11.9. The van der Waals surface area contributed by atoms with Gasteiger partial charge in [0.25, 0.3) is 0 Å². The number of hydrogen-bond acceptors (Lipinski definition) is 4. The zero-order chi connectivity index (χ0) is 17.7. The summed E-state index contributed by atoms with van der Waals surface area (Å²) in [4.78, 5) is 0. The molecule has 26 heavy (non-hydrogen) atoms. The first-order chi connectivity index (χ1) is 12.1. The van der Waals surface area contributed by atoms with Crippen molar-refractivity contribution in [2.45, 2.75) is 5.78 Å². The van der Waals surface area contributed by atoms with E-state index < -0.39 is 13.4 Å². The van der Waals surface area contributed by atoms with Gasteiger partial charge in [0.1, 0.15) is 11.5 Å². The van der Waals surface area contributed by atoms with Crippen LogP contribution in [0.1, 0.15) is 11.3 Å². The maximum absolute atomic E-state index is 13.5. The summed E-state index contributed by atoms with van der Waals surface area (Å²) in [6, 6.07) is 24.4. The monoisotopic (exact) mass is 453 g/mol. The van der Waals surface area contributed by atoms with Gasteiger partial charge >= 0.3 is 7.60 Å². The van der Waals surface area contributed by atoms with Crippen molar-refractivity contribution in [3.8, 4) is 11.5 Å². The highest BCUT2D eigenvalue weighted by Crippen LogP contribution is 2.57. The quantitative estimate of drug-likeness (QED) is 0.449. The van der Waals surface area contributed by atoms with Crippen molar-refractivity contribution in [3.63, 3.8) is 0 Å². The smallest absolute Gasteiger partial charge is 0.415 e. The van der Waals surface area contributed by atoms with Crippen LogP contribution in [-0.4, -0.2) is 0 Å². The highest BCUT2D eigenvalue weighted by molar-refractivity contribution is 8.93. The predicted octanol–water partition coefficient (Wildman–Crippen LogP) is 6.23. The molecular weight excluding hydrogens is 437 g/mol. The molecule has 1 unspecified atom stereocenters. The molecule has 3 rings (SSSR count). The molecular formula is C19H18BrClNO3P. The van der Waals surface area contributed by atoms with Gasteiger partial charge in [-0.1, -0.05) is 60.1 Å². The third-order valence-electron chi connectivity index (χ3n) is 3.50. The van der Waals surface area contributed by atoms with Crippen molar-refractivity contribution < 1.29 is 13.6 Å². The van der Waals surface area contributed by atoms with Crippen LogP contribution in [0.4, 0.5) is 0 Å². The second-order valence-electron chi connectivity index (χ2n) is 5.34. The van der Waals surface area contributed by atoms with Crippen LogP contribution in [0.15, 0.2) is 84.9 Å². The van der Waals surface area contributed by atoms with Gasteiger partial charge in [0.15, 0.2) is 5.78 Å². The molecule has 0 saturated carbocycles. The molecule has 136 valence electrons. The number of benzene rings is 3. The third-order valence-corrected chi connectivity index (χ3v) is 5.67. The summed E-state index contributed by atoms with van der Waals surface area (Å²) in [7, 11) is -3.76. The Labute approximate surface area is 168 Å². The number of nitrogens with two attached hydrogens (primary N) is 1. The Kier molecular flexibility index (Phi) is 7.30. The van der Waals surface area contributed by atoms with Crippen molar-refractivity contribution >= 4 is 36.2 Å². The van der Waals surface area contributed by atoms with Crippen LogP contribution in [0.2, 0.25) is 5.02 Å². The molecule has 0 saturated heterocycles. The minimum absolute atomic E-state index is 0. The Hall–Kier alpha value is -1.78. The summed E-state index contributed by atoms with van der Waals surface area (Å²) in [5, 5.41) is 0.568. The van der Waals surface area contributed by atoms with E-state index in [4.69, 9.17) is 26.4 Å². The van der Waals surface area contributed by atoms with E-state index in [-0.39, 0.29) is 17.0 Å². The first kappa shape index (κ1) is 20.5. The lowest BCUT2D eigenvalue weighted by atomic mass is 10.2. The van der Waals surface area contributed by atoms with Crippen LogP contribution in [0.3, 0.4) is 0 Å². The van der Waals surface area contributed by atoms with Gasteiger partial charge in [0.05, 0.1) is 0 Å². The van der Waals surface area contributed by atoms with E-state index in [1.165, 1.54) is 0 Å². The summed E-state index contributed by atoms with van der Waals surface area (Å²) >= 11 is 5.92. The fourth-order valence-corrected chi connectivity index (χ4v) is 3.99. The van der Waals surface area contributed by atoms with E-state index in [9.17, 15) is 4.57 Å². The maximum Gasteiger partial charge on any atom is 0.451 e. The highest BCUT2D eigenvalue weighted by atomic mass is 79.9. The lowest BCUT2D eigenvalue weighted by Gasteiger charge is -2.25. The molecule has 0 aliphatic rings. The van der Waals surface area contributed by atoms with Crippen LogP contribution in [0, 0.1) is 0 Å². The van der Waals surface area contributed by atoms with Crippen molar-refractivity contribution in [2.75, 3.05) is 0 Å². The lowest BCUT2D eigenvalue weighted by Crippen LogP contribution is -2.18. The van der Waals surface area contributed by atoms with Gasteiger partial charge in [0.2, 0.25) is 0 Å². The van der Waals surface area contributed by atoms with Crippen LogP contribution in [0.5, 0.6) is 11.5 Å². The predicted molar refractivity (Wildman–Crippen MR) is 110 cm³/mol. The fourth-order valence-electron chi connectivity index (χ4n) is 2.23. The molecule has 3 aromatic rings. The standard InChI is InChI=1S/C19H17ClNO3P.BrH/c20-16-13-11-15(12-14-16)19(21)25(22,23-17-7-3-1-4-8-17)24-18-9-5-2-6-10-18;/h1-14,19H,21H2;1H. The molecule has 0 amide bonds. The largest absolute Gasteiger partial charge is 0.451 e. The Morgan fingerprint density at radius 1 is 0.769 bits per heavy atom. The topological polar surface area (TPSA) is 61.6 Å². The Morgan fingerprint density at radius 2 is 1.19 bits per heavy atom. The summed E-state index contributed by atoms with van der Waals surface area (Å²) in [5.74, 6) is -0.123. The van der Waals surface area contributed by atoms with E-state index in [0.29, 0.717) is 22.1 Å². The lowest BCUT2D eigenvalue weighted by molar-refractivity contribution is 0.373. The molecule has 0 heterocycles. The molecule has 0 radical (unpaired) electrons. The number of hydrogen-bond donors (Lipinski definition) is 1. The average Bonchev–Trinajstić information content (AvgIpc) is 2.63. The van der Waals surface area contributed by atoms with Gasteiger partial charge in [-0.3, -0.25) is 0 Å². The van der Waals surface area contributed by atoms with Crippen molar-refractivity contribution in [1.82, 2.24) is 0 Å². The molecule has 4 nitrogen and oxygen atoms in total. The number of rotatable bonds is 6. The summed E-state index contributed by atoms with van der Waals surface area (Å²) in [6.07, 6.45) is 0. The SMILES string of the molecule is Br.NC(c1ccc(Cl)cc1)P(=O)(Oc1ccccc1)Oc1ccccc1. The second kappa shape index (κ2) is 9.24. The summed E-state index contributed by atoms with van der Waals surface area (Å²) < 4.78 is 25.0. The van der Waals surface area contributed by atoms with Gasteiger partial charge in [-0.25, -0.2) is 4.57 Å². The summed E-state index contributed by atoms with van der Waals surface area (Å²) in [6.45, 7) is 0. The molecule has 0 bridgehead atoms. The zero-order valence-electron chi connectivity index (χ0n) is 13.7. The van der Waals surface area contributed by atoms with E-state index in [0.717, 1.165) is 0 Å². The highest BCUT2D eigenvalue weighted by Gasteiger charge is 2.38. The van der Waals surface area contributed by atoms with E-state index in [1.54, 1.807) is 72.8 Å². The van der Waals surface area contributed by atoms with Crippen molar-refractivity contribution in [3.05, 3.63) is 95.5 Å². The maximum atomic E-state index is 13.5. The van der Waals surface area contributed by atoms with Gasteiger partial charge in [-0.2, -0.15) is 0 Å². The molecule has 0 aliphatic heterocycles. The number of halogens is 2. The zero-order valence-corrected chi connectivity index (χ0v) is 17.1. The van der Waals surface area contributed by atoms with Crippen LogP contribution >= 0.6 is 36.2 Å². The first-order valence-electron chi connectivity index (χ1n) is 7.67. The Morgan fingerprint density at radius 3 is 1.62 bits per heavy atom. The second-order valence-corrected chi connectivity index (χ2v) is 7.78. The van der Waals surface area contributed by atoms with E-state index in [2.05, 4.69) is 0 Å². The van der Waals surface area contributed by atoms with E-state index >= 15 is 0 Å². The van der Waals surface area contributed by atoms with Gasteiger partial charge in [-0.15, -0.1) is 17.0 Å². The molecule has 0 fully saturated rings. The molecule has 7 heteroatoms. The Balaban J connectivity index is 0.00000243. The van der Waals surface area contributed by atoms with Crippen molar-refractivity contribution in [2.24, 2.45) is 5.73 Å². The van der Waals surface area contributed by atoms with Gasteiger partial charge in [-0.05, 0) is 42.0 Å².